The number of ether oxygens (including phenoxy) is 1. The van der Waals surface area contributed by atoms with Crippen molar-refractivity contribution >= 4 is 23.4 Å². The van der Waals surface area contributed by atoms with Crippen LogP contribution in [0.5, 0.6) is 0 Å². The molecule has 3 rings (SSSR count). The van der Waals surface area contributed by atoms with Crippen molar-refractivity contribution in [1.29, 1.82) is 0 Å². The maximum Gasteiger partial charge on any atom is 0.434 e. The van der Waals surface area contributed by atoms with Crippen LogP contribution in [0.4, 0.5) is 19.0 Å². The zero-order valence-corrected chi connectivity index (χ0v) is 16.2. The fourth-order valence-electron chi connectivity index (χ4n) is 2.67. The highest BCUT2D eigenvalue weighted by molar-refractivity contribution is 6.29. The molecule has 0 amide bonds. The number of aryl methyl sites for hydroxylation is 1. The van der Waals surface area contributed by atoms with Crippen molar-refractivity contribution in [2.75, 3.05) is 12.4 Å². The molecule has 0 aliphatic heterocycles. The average molecular weight is 425 g/mol. The molecule has 2 aromatic heterocycles. The maximum absolute atomic E-state index is 12.8. The normalized spacial score (nSPS) is 11.4. The maximum atomic E-state index is 12.8. The van der Waals surface area contributed by atoms with E-state index < -0.39 is 17.8 Å². The number of pyridine rings is 1. The molecule has 0 radical (unpaired) electrons. The third-order valence-electron chi connectivity index (χ3n) is 4.11. The first-order chi connectivity index (χ1) is 13.7. The van der Waals surface area contributed by atoms with Gasteiger partial charge in [0.05, 0.1) is 7.11 Å². The van der Waals surface area contributed by atoms with E-state index in [0.29, 0.717) is 12.1 Å². The monoisotopic (exact) mass is 424 g/mol. The topological polar surface area (TPSA) is 69.0 Å². The number of hydrogen-bond donors (Lipinski definition) is 1. The Balaban J connectivity index is 1.77. The van der Waals surface area contributed by atoms with Gasteiger partial charge in [-0.05, 0) is 17.7 Å². The van der Waals surface area contributed by atoms with E-state index in [1.807, 2.05) is 0 Å². The molecule has 0 aliphatic carbocycles. The lowest BCUT2D eigenvalue weighted by Gasteiger charge is -2.10. The smallest absolute Gasteiger partial charge is 0.434 e. The molecule has 0 saturated heterocycles. The first-order valence-corrected chi connectivity index (χ1v) is 8.75. The average Bonchev–Trinajstić information content (AvgIpc) is 3.08. The van der Waals surface area contributed by atoms with Crippen LogP contribution in [-0.4, -0.2) is 27.6 Å². The summed E-state index contributed by atoms with van der Waals surface area (Å²) < 4.78 is 44.5. The second-order valence-corrected chi connectivity index (χ2v) is 6.52. The number of rotatable bonds is 5. The molecule has 0 bridgehead atoms. The number of imidazole rings is 1. The molecular weight excluding hydrogens is 409 g/mol. The zero-order valence-electron chi connectivity index (χ0n) is 15.4. The summed E-state index contributed by atoms with van der Waals surface area (Å²) in [4.78, 5) is 19.6. The van der Waals surface area contributed by atoms with Crippen LogP contribution in [0.2, 0.25) is 5.15 Å². The summed E-state index contributed by atoms with van der Waals surface area (Å²) in [7, 11) is 2.77. The van der Waals surface area contributed by atoms with E-state index in [0.717, 1.165) is 11.8 Å². The van der Waals surface area contributed by atoms with E-state index in [4.69, 9.17) is 16.3 Å². The van der Waals surface area contributed by atoms with Gasteiger partial charge in [0.1, 0.15) is 22.4 Å². The molecule has 0 unspecified atom stereocenters. The summed E-state index contributed by atoms with van der Waals surface area (Å²) in [5, 5.41) is 3.23. The van der Waals surface area contributed by atoms with Gasteiger partial charge in [0.15, 0.2) is 5.69 Å². The van der Waals surface area contributed by atoms with Gasteiger partial charge in [-0.1, -0.05) is 35.9 Å². The number of nitrogens with one attached hydrogen (secondary N) is 1. The summed E-state index contributed by atoms with van der Waals surface area (Å²) in [6.07, 6.45) is -3.55. The number of carbonyl (C=O) groups is 1. The van der Waals surface area contributed by atoms with E-state index in [2.05, 4.69) is 15.3 Å². The predicted octanol–water partition coefficient (Wildman–Crippen LogP) is 4.55. The molecule has 152 valence electrons. The number of nitrogens with zero attached hydrogens (tertiary/aromatic N) is 3. The molecule has 3 aromatic rings. The minimum atomic E-state index is -4.50. The van der Waals surface area contributed by atoms with Crippen molar-refractivity contribution in [2.45, 2.75) is 12.7 Å². The highest BCUT2D eigenvalue weighted by atomic mass is 35.5. The van der Waals surface area contributed by atoms with Crippen LogP contribution in [0.15, 0.2) is 42.6 Å². The molecule has 0 fully saturated rings. The fourth-order valence-corrected chi connectivity index (χ4v) is 2.82. The summed E-state index contributed by atoms with van der Waals surface area (Å²) >= 11 is 5.89. The number of aromatic nitrogens is 3. The van der Waals surface area contributed by atoms with Gasteiger partial charge in [0, 0.05) is 25.4 Å². The SMILES string of the molecule is COC(=O)c1ccc(Cl)nc1NCc1ccc(-c2nc(C(F)(F)F)cn2C)cc1. The Morgan fingerprint density at radius 3 is 2.45 bits per heavy atom. The van der Waals surface area contributed by atoms with Gasteiger partial charge >= 0.3 is 12.1 Å². The Labute approximate surface area is 169 Å². The minimum absolute atomic E-state index is 0.210. The first-order valence-electron chi connectivity index (χ1n) is 8.37. The fraction of sp³-hybridized carbons (Fsp3) is 0.211. The lowest BCUT2D eigenvalue weighted by atomic mass is 10.1. The quantitative estimate of drug-likeness (QED) is 0.480. The number of esters is 1. The summed E-state index contributed by atoms with van der Waals surface area (Å²) in [5.74, 6) is -0.0732. The van der Waals surface area contributed by atoms with Crippen molar-refractivity contribution in [3.8, 4) is 11.4 Å². The molecule has 2 heterocycles. The van der Waals surface area contributed by atoms with Crippen molar-refractivity contribution in [3.63, 3.8) is 0 Å². The number of methoxy groups -OCH3 is 1. The standard InChI is InChI=1S/C19H16ClF3N4O2/c1-27-10-14(19(21,22)23)25-17(27)12-5-3-11(4-6-12)9-24-16-13(18(28)29-2)7-8-15(20)26-16/h3-8,10H,9H2,1-2H3,(H,24,26). The largest absolute Gasteiger partial charge is 0.465 e. The van der Waals surface area contributed by atoms with Gasteiger partial charge in [0.2, 0.25) is 0 Å². The molecule has 0 saturated carbocycles. The van der Waals surface area contributed by atoms with Crippen LogP contribution in [0, 0.1) is 0 Å². The van der Waals surface area contributed by atoms with E-state index in [-0.39, 0.29) is 22.4 Å². The van der Waals surface area contributed by atoms with E-state index >= 15 is 0 Å². The second-order valence-electron chi connectivity index (χ2n) is 6.13. The molecule has 29 heavy (non-hydrogen) atoms. The molecule has 0 aliphatic rings. The Kier molecular flexibility index (Phi) is 5.78. The van der Waals surface area contributed by atoms with Crippen molar-refractivity contribution in [2.24, 2.45) is 7.05 Å². The zero-order chi connectivity index (χ0) is 21.2. The van der Waals surface area contributed by atoms with Gasteiger partial charge < -0.3 is 14.6 Å². The molecular formula is C19H16ClF3N4O2. The third-order valence-corrected chi connectivity index (χ3v) is 4.32. The summed E-state index contributed by atoms with van der Waals surface area (Å²) in [6.45, 7) is 0.311. The second kappa shape index (κ2) is 8.12. The highest BCUT2D eigenvalue weighted by Gasteiger charge is 2.34. The molecule has 0 atom stereocenters. The van der Waals surface area contributed by atoms with Gasteiger partial charge in [0.25, 0.3) is 0 Å². The van der Waals surface area contributed by atoms with E-state index in [9.17, 15) is 18.0 Å². The number of anilines is 1. The van der Waals surface area contributed by atoms with Crippen LogP contribution < -0.4 is 5.32 Å². The molecule has 1 N–H and O–H groups in total. The van der Waals surface area contributed by atoms with Crippen LogP contribution in [0.1, 0.15) is 21.6 Å². The summed E-state index contributed by atoms with van der Waals surface area (Å²) in [6, 6.07) is 9.82. The van der Waals surface area contributed by atoms with E-state index in [1.165, 1.54) is 30.9 Å². The van der Waals surface area contributed by atoms with Crippen molar-refractivity contribution < 1.29 is 22.7 Å². The molecule has 6 nitrogen and oxygen atoms in total. The number of alkyl halides is 3. The lowest BCUT2D eigenvalue weighted by molar-refractivity contribution is -0.140. The molecule has 1 aromatic carbocycles. The third kappa shape index (κ3) is 4.68. The van der Waals surface area contributed by atoms with Crippen molar-refractivity contribution in [1.82, 2.24) is 14.5 Å². The van der Waals surface area contributed by atoms with Gasteiger partial charge in [-0.15, -0.1) is 0 Å². The van der Waals surface area contributed by atoms with Crippen LogP contribution in [0.3, 0.4) is 0 Å². The number of benzene rings is 1. The Hall–Kier alpha value is -3.07. The number of hydrogen-bond acceptors (Lipinski definition) is 5. The Bertz CT molecular complexity index is 1030. The number of halogens is 4. The van der Waals surface area contributed by atoms with Gasteiger partial charge in [-0.3, -0.25) is 0 Å². The molecule has 10 heteroatoms. The Morgan fingerprint density at radius 1 is 1.17 bits per heavy atom. The predicted molar refractivity (Wildman–Crippen MR) is 102 cm³/mol. The van der Waals surface area contributed by atoms with Gasteiger partial charge in [-0.2, -0.15) is 13.2 Å². The summed E-state index contributed by atoms with van der Waals surface area (Å²) in [5.41, 5.74) is 0.656. The highest BCUT2D eigenvalue weighted by Crippen LogP contribution is 2.30. The van der Waals surface area contributed by atoms with Crippen LogP contribution in [0.25, 0.3) is 11.4 Å². The lowest BCUT2D eigenvalue weighted by Crippen LogP contribution is -2.10. The van der Waals surface area contributed by atoms with Crippen LogP contribution in [-0.2, 0) is 24.5 Å². The number of carbonyl (C=O) groups excluding carboxylic acids is 1. The first kappa shape index (κ1) is 20.7. The van der Waals surface area contributed by atoms with E-state index in [1.54, 1.807) is 24.3 Å². The minimum Gasteiger partial charge on any atom is -0.465 e. The van der Waals surface area contributed by atoms with Gasteiger partial charge in [-0.25, -0.2) is 14.8 Å². The van der Waals surface area contributed by atoms with Crippen LogP contribution >= 0.6 is 11.6 Å². The van der Waals surface area contributed by atoms with Crippen molar-refractivity contribution in [3.05, 3.63) is 64.6 Å². The molecule has 0 spiro atoms. The Morgan fingerprint density at radius 2 is 1.86 bits per heavy atom.